The maximum atomic E-state index is 12.8. The molecule has 1 aromatic rings. The van der Waals surface area contributed by atoms with Gasteiger partial charge in [-0.15, -0.1) is 0 Å². The molecule has 19 heavy (non-hydrogen) atoms. The molecule has 0 aromatic heterocycles. The van der Waals surface area contributed by atoms with E-state index in [1.165, 1.54) is 19.1 Å². The first-order valence-corrected chi connectivity index (χ1v) is 5.59. The number of carbonyl (C=O) groups is 1. The van der Waals surface area contributed by atoms with Gasteiger partial charge in [0.05, 0.1) is 16.3 Å². The maximum absolute atomic E-state index is 12.8. The normalized spacial score (nSPS) is 12.4. The highest BCUT2D eigenvalue weighted by atomic mass is 35.5. The molecule has 7 heteroatoms. The highest BCUT2D eigenvalue weighted by molar-refractivity contribution is 6.33. The maximum Gasteiger partial charge on any atom is 0.418 e. The van der Waals surface area contributed by atoms with E-state index in [-0.39, 0.29) is 17.3 Å². The molecule has 0 aliphatic carbocycles. The van der Waals surface area contributed by atoms with Gasteiger partial charge in [-0.25, -0.2) is 4.79 Å². The molecule has 3 nitrogen and oxygen atoms in total. The predicted molar refractivity (Wildman–Crippen MR) is 66.3 cm³/mol. The summed E-state index contributed by atoms with van der Waals surface area (Å²) in [6.45, 7) is 1.45. The zero-order chi connectivity index (χ0) is 14.6. The van der Waals surface area contributed by atoms with Crippen molar-refractivity contribution in [2.45, 2.75) is 13.1 Å². The topological polar surface area (TPSA) is 49.3 Å². The van der Waals surface area contributed by atoms with Crippen molar-refractivity contribution >= 4 is 23.3 Å². The third-order valence-electron chi connectivity index (χ3n) is 2.23. The van der Waals surface area contributed by atoms with Crippen LogP contribution in [-0.2, 0) is 11.0 Å². The monoisotopic (exact) mass is 293 g/mol. The van der Waals surface area contributed by atoms with Crippen LogP contribution in [0.5, 0.6) is 0 Å². The Morgan fingerprint density at radius 1 is 1.47 bits per heavy atom. The van der Waals surface area contributed by atoms with Crippen molar-refractivity contribution in [2.75, 3.05) is 11.9 Å². The van der Waals surface area contributed by atoms with E-state index in [9.17, 15) is 18.0 Å². The Morgan fingerprint density at radius 3 is 2.63 bits per heavy atom. The number of hydrogen-bond acceptors (Lipinski definition) is 2. The van der Waals surface area contributed by atoms with E-state index in [1.807, 2.05) is 0 Å². The van der Waals surface area contributed by atoms with E-state index >= 15 is 0 Å². The number of carboxylic acids is 1. The van der Waals surface area contributed by atoms with E-state index < -0.39 is 17.7 Å². The summed E-state index contributed by atoms with van der Waals surface area (Å²) in [5, 5.41) is 10.9. The van der Waals surface area contributed by atoms with Gasteiger partial charge in [-0.1, -0.05) is 17.7 Å². The van der Waals surface area contributed by atoms with Crippen LogP contribution in [0.3, 0.4) is 0 Å². The molecule has 0 amide bonds. The van der Waals surface area contributed by atoms with Gasteiger partial charge >= 0.3 is 12.1 Å². The number of alkyl halides is 3. The van der Waals surface area contributed by atoms with Crippen LogP contribution in [0.2, 0.25) is 5.02 Å². The minimum absolute atomic E-state index is 0.0425. The molecule has 0 aliphatic rings. The average molecular weight is 294 g/mol. The summed E-state index contributed by atoms with van der Waals surface area (Å²) in [5.74, 6) is -1.16. The van der Waals surface area contributed by atoms with Crippen LogP contribution in [0.4, 0.5) is 18.9 Å². The van der Waals surface area contributed by atoms with Crippen LogP contribution in [0.25, 0.3) is 0 Å². The molecule has 0 spiro atoms. The molecule has 0 heterocycles. The first-order valence-electron chi connectivity index (χ1n) is 5.21. The van der Waals surface area contributed by atoms with Gasteiger partial charge in [-0.2, -0.15) is 13.2 Å². The van der Waals surface area contributed by atoms with E-state index in [1.54, 1.807) is 0 Å². The number of carboxylic acid groups (broad SMARTS) is 1. The van der Waals surface area contributed by atoms with Crippen molar-refractivity contribution in [3.8, 4) is 0 Å². The summed E-state index contributed by atoms with van der Waals surface area (Å²) in [4.78, 5) is 10.4. The molecular formula is C12H11ClF3NO2. The molecule has 1 aromatic carbocycles. The quantitative estimate of drug-likeness (QED) is 0.830. The summed E-state index contributed by atoms with van der Waals surface area (Å²) in [6, 6.07) is 3.44. The third-order valence-corrected chi connectivity index (χ3v) is 2.55. The number of anilines is 1. The van der Waals surface area contributed by atoms with Crippen LogP contribution in [0.1, 0.15) is 12.5 Å². The SMILES string of the molecule is C/C(=C/C(=O)O)CNc1c(Cl)cccc1C(F)(F)F. The fourth-order valence-electron chi connectivity index (χ4n) is 1.43. The van der Waals surface area contributed by atoms with Crippen molar-refractivity contribution in [2.24, 2.45) is 0 Å². The number of aliphatic carboxylic acids is 1. The highest BCUT2D eigenvalue weighted by Crippen LogP contribution is 2.38. The van der Waals surface area contributed by atoms with Gasteiger partial charge < -0.3 is 10.4 Å². The summed E-state index contributed by atoms with van der Waals surface area (Å²) in [6.07, 6.45) is -3.62. The minimum atomic E-state index is -4.53. The van der Waals surface area contributed by atoms with Crippen LogP contribution in [0.15, 0.2) is 29.8 Å². The lowest BCUT2D eigenvalue weighted by Gasteiger charge is -2.16. The Bertz CT molecular complexity index is 512. The van der Waals surface area contributed by atoms with E-state index in [0.29, 0.717) is 5.57 Å². The van der Waals surface area contributed by atoms with Crippen molar-refractivity contribution in [3.63, 3.8) is 0 Å². The summed E-state index contributed by atoms with van der Waals surface area (Å²) in [7, 11) is 0. The number of benzene rings is 1. The van der Waals surface area contributed by atoms with Gasteiger partial charge in [0, 0.05) is 12.6 Å². The van der Waals surface area contributed by atoms with Crippen molar-refractivity contribution in [3.05, 3.63) is 40.4 Å². The number of hydrogen-bond donors (Lipinski definition) is 2. The zero-order valence-electron chi connectivity index (χ0n) is 9.88. The third kappa shape index (κ3) is 4.48. The lowest BCUT2D eigenvalue weighted by Crippen LogP contribution is -2.13. The van der Waals surface area contributed by atoms with E-state index in [0.717, 1.165) is 12.1 Å². The van der Waals surface area contributed by atoms with E-state index in [2.05, 4.69) is 5.32 Å². The lowest BCUT2D eigenvalue weighted by atomic mass is 10.1. The molecule has 0 unspecified atom stereocenters. The van der Waals surface area contributed by atoms with Gasteiger partial charge in [0.25, 0.3) is 0 Å². The van der Waals surface area contributed by atoms with Crippen molar-refractivity contribution in [1.29, 1.82) is 0 Å². The van der Waals surface area contributed by atoms with Crippen LogP contribution in [0, 0.1) is 0 Å². The Morgan fingerprint density at radius 2 is 2.11 bits per heavy atom. The van der Waals surface area contributed by atoms with Crippen molar-refractivity contribution in [1.82, 2.24) is 0 Å². The number of halogens is 4. The fraction of sp³-hybridized carbons (Fsp3) is 0.250. The molecule has 2 N–H and O–H groups in total. The Balaban J connectivity index is 2.98. The standard InChI is InChI=1S/C12H11ClF3NO2/c1-7(5-10(18)19)6-17-11-8(12(14,15)16)3-2-4-9(11)13/h2-5,17H,6H2,1H3,(H,18,19)/b7-5-. The Hall–Kier alpha value is -1.69. The van der Waals surface area contributed by atoms with E-state index in [4.69, 9.17) is 16.7 Å². The van der Waals surface area contributed by atoms with Crippen LogP contribution < -0.4 is 5.32 Å². The Kier molecular flexibility index (Phi) is 4.83. The second-order valence-corrected chi connectivity index (χ2v) is 4.25. The molecule has 104 valence electrons. The molecule has 0 saturated carbocycles. The molecule has 0 bridgehead atoms. The average Bonchev–Trinajstić information content (AvgIpc) is 2.24. The summed E-state index contributed by atoms with van der Waals surface area (Å²) < 4.78 is 38.3. The molecule has 0 saturated heterocycles. The van der Waals surface area contributed by atoms with Gasteiger partial charge in [-0.05, 0) is 24.6 Å². The first-order chi connectivity index (χ1) is 8.71. The molecular weight excluding hydrogens is 283 g/mol. The van der Waals surface area contributed by atoms with Crippen molar-refractivity contribution < 1.29 is 23.1 Å². The second kappa shape index (κ2) is 5.97. The van der Waals surface area contributed by atoms with Crippen LogP contribution in [-0.4, -0.2) is 17.6 Å². The van der Waals surface area contributed by atoms with Gasteiger partial charge in [0.1, 0.15) is 0 Å². The predicted octanol–water partition coefficient (Wildman–Crippen LogP) is 3.80. The largest absolute Gasteiger partial charge is 0.478 e. The second-order valence-electron chi connectivity index (χ2n) is 3.84. The Labute approximate surface area is 112 Å². The number of para-hydroxylation sites is 1. The zero-order valence-corrected chi connectivity index (χ0v) is 10.6. The molecule has 0 radical (unpaired) electrons. The fourth-order valence-corrected chi connectivity index (χ4v) is 1.67. The number of nitrogens with one attached hydrogen (secondary N) is 1. The smallest absolute Gasteiger partial charge is 0.418 e. The van der Waals surface area contributed by atoms with Gasteiger partial charge in [-0.3, -0.25) is 0 Å². The lowest BCUT2D eigenvalue weighted by molar-refractivity contribution is -0.137. The molecule has 0 fully saturated rings. The minimum Gasteiger partial charge on any atom is -0.478 e. The summed E-state index contributed by atoms with van der Waals surface area (Å²) in [5.41, 5.74) is -0.765. The van der Waals surface area contributed by atoms with Gasteiger partial charge in [0.2, 0.25) is 0 Å². The molecule has 1 rings (SSSR count). The first kappa shape index (κ1) is 15.4. The van der Waals surface area contributed by atoms with Gasteiger partial charge in [0.15, 0.2) is 0 Å². The molecule has 0 aliphatic heterocycles. The van der Waals surface area contributed by atoms with Crippen LogP contribution >= 0.6 is 11.6 Å². The summed E-state index contributed by atoms with van der Waals surface area (Å²) >= 11 is 5.73. The number of rotatable bonds is 4. The molecule has 0 atom stereocenters. The highest BCUT2D eigenvalue weighted by Gasteiger charge is 2.34.